The summed E-state index contributed by atoms with van der Waals surface area (Å²) < 4.78 is 3.06. The summed E-state index contributed by atoms with van der Waals surface area (Å²) in [6.45, 7) is 5.15. The fraction of sp³-hybridized carbons (Fsp3) is 0.357. The molecule has 0 radical (unpaired) electrons. The SMILES string of the molecule is CCCn1cc(C(N)c2ccc(Br)c(C)c2)cn1. The maximum absolute atomic E-state index is 6.28. The van der Waals surface area contributed by atoms with Crippen LogP contribution in [-0.4, -0.2) is 9.78 Å². The van der Waals surface area contributed by atoms with Crippen LogP contribution in [0.25, 0.3) is 0 Å². The van der Waals surface area contributed by atoms with Gasteiger partial charge in [0.05, 0.1) is 12.2 Å². The van der Waals surface area contributed by atoms with E-state index in [1.807, 2.05) is 23.1 Å². The maximum Gasteiger partial charge on any atom is 0.0582 e. The second-order valence-electron chi connectivity index (χ2n) is 4.52. The van der Waals surface area contributed by atoms with Gasteiger partial charge in [0.2, 0.25) is 0 Å². The average Bonchev–Trinajstić information content (AvgIpc) is 2.81. The van der Waals surface area contributed by atoms with Crippen LogP contribution in [0.4, 0.5) is 0 Å². The number of aromatic nitrogens is 2. The summed E-state index contributed by atoms with van der Waals surface area (Å²) in [7, 11) is 0. The Bertz CT molecular complexity index is 534. The molecular formula is C14H18BrN3. The lowest BCUT2D eigenvalue weighted by Crippen LogP contribution is -2.11. The van der Waals surface area contributed by atoms with Gasteiger partial charge < -0.3 is 5.73 Å². The van der Waals surface area contributed by atoms with E-state index in [-0.39, 0.29) is 6.04 Å². The third kappa shape index (κ3) is 2.82. The number of aryl methyl sites for hydroxylation is 2. The highest BCUT2D eigenvalue weighted by atomic mass is 79.9. The summed E-state index contributed by atoms with van der Waals surface area (Å²) in [6, 6.07) is 6.11. The van der Waals surface area contributed by atoms with Crippen molar-refractivity contribution in [3.63, 3.8) is 0 Å². The fourth-order valence-electron chi connectivity index (χ4n) is 1.95. The van der Waals surface area contributed by atoms with E-state index in [1.165, 1.54) is 5.56 Å². The van der Waals surface area contributed by atoms with E-state index in [2.05, 4.69) is 47.0 Å². The van der Waals surface area contributed by atoms with Crippen molar-refractivity contribution in [1.82, 2.24) is 9.78 Å². The molecule has 2 N–H and O–H groups in total. The molecule has 0 bridgehead atoms. The van der Waals surface area contributed by atoms with Gasteiger partial charge >= 0.3 is 0 Å². The predicted octanol–water partition coefficient (Wildman–Crippen LogP) is 3.41. The van der Waals surface area contributed by atoms with Gasteiger partial charge in [0, 0.05) is 22.8 Å². The van der Waals surface area contributed by atoms with Gasteiger partial charge in [-0.25, -0.2) is 0 Å². The Kier molecular flexibility index (Phi) is 4.19. The molecule has 2 aromatic rings. The molecule has 0 saturated heterocycles. The highest BCUT2D eigenvalue weighted by molar-refractivity contribution is 9.10. The van der Waals surface area contributed by atoms with Gasteiger partial charge in [-0.2, -0.15) is 5.10 Å². The molecule has 1 aromatic heterocycles. The number of halogens is 1. The molecular weight excluding hydrogens is 290 g/mol. The second-order valence-corrected chi connectivity index (χ2v) is 5.38. The second kappa shape index (κ2) is 5.67. The molecule has 0 spiro atoms. The molecule has 0 fully saturated rings. The summed E-state index contributed by atoms with van der Waals surface area (Å²) in [4.78, 5) is 0. The van der Waals surface area contributed by atoms with E-state index >= 15 is 0 Å². The van der Waals surface area contributed by atoms with E-state index in [0.717, 1.165) is 28.6 Å². The van der Waals surface area contributed by atoms with Crippen LogP contribution >= 0.6 is 15.9 Å². The minimum atomic E-state index is -0.109. The van der Waals surface area contributed by atoms with E-state index in [1.54, 1.807) is 0 Å². The third-order valence-electron chi connectivity index (χ3n) is 3.01. The van der Waals surface area contributed by atoms with Gasteiger partial charge in [0.1, 0.15) is 0 Å². The Morgan fingerprint density at radius 2 is 2.17 bits per heavy atom. The first-order valence-electron chi connectivity index (χ1n) is 6.15. The third-order valence-corrected chi connectivity index (χ3v) is 3.90. The summed E-state index contributed by atoms with van der Waals surface area (Å²) in [5.41, 5.74) is 9.65. The molecule has 2 rings (SSSR count). The van der Waals surface area contributed by atoms with Gasteiger partial charge in [0.15, 0.2) is 0 Å². The van der Waals surface area contributed by atoms with Crippen molar-refractivity contribution in [1.29, 1.82) is 0 Å². The summed E-state index contributed by atoms with van der Waals surface area (Å²) in [6.07, 6.45) is 4.97. The van der Waals surface area contributed by atoms with Crippen LogP contribution in [0.2, 0.25) is 0 Å². The molecule has 1 atom stereocenters. The Morgan fingerprint density at radius 1 is 1.39 bits per heavy atom. The number of hydrogen-bond donors (Lipinski definition) is 1. The molecule has 0 aliphatic rings. The average molecular weight is 308 g/mol. The van der Waals surface area contributed by atoms with E-state index < -0.39 is 0 Å². The first-order chi connectivity index (χ1) is 8.61. The lowest BCUT2D eigenvalue weighted by Gasteiger charge is -2.11. The summed E-state index contributed by atoms with van der Waals surface area (Å²) in [5, 5.41) is 4.32. The van der Waals surface area contributed by atoms with Crippen molar-refractivity contribution in [3.05, 3.63) is 51.8 Å². The van der Waals surface area contributed by atoms with Crippen LogP contribution in [0.15, 0.2) is 35.1 Å². The molecule has 18 heavy (non-hydrogen) atoms. The number of hydrogen-bond acceptors (Lipinski definition) is 2. The number of benzene rings is 1. The van der Waals surface area contributed by atoms with Crippen molar-refractivity contribution >= 4 is 15.9 Å². The van der Waals surface area contributed by atoms with E-state index in [0.29, 0.717) is 0 Å². The lowest BCUT2D eigenvalue weighted by molar-refractivity contribution is 0.602. The summed E-state index contributed by atoms with van der Waals surface area (Å²) in [5.74, 6) is 0. The highest BCUT2D eigenvalue weighted by Crippen LogP contribution is 2.24. The fourth-order valence-corrected chi connectivity index (χ4v) is 2.19. The van der Waals surface area contributed by atoms with E-state index in [4.69, 9.17) is 5.73 Å². The Labute approximate surface area is 116 Å². The van der Waals surface area contributed by atoms with Gasteiger partial charge in [0.25, 0.3) is 0 Å². The monoisotopic (exact) mass is 307 g/mol. The number of rotatable bonds is 4. The zero-order valence-electron chi connectivity index (χ0n) is 10.7. The Balaban J connectivity index is 2.23. The smallest absolute Gasteiger partial charge is 0.0582 e. The number of nitrogens with zero attached hydrogens (tertiary/aromatic N) is 2. The van der Waals surface area contributed by atoms with Gasteiger partial charge in [-0.1, -0.05) is 35.0 Å². The van der Waals surface area contributed by atoms with Crippen molar-refractivity contribution in [3.8, 4) is 0 Å². The number of nitrogens with two attached hydrogens (primary N) is 1. The predicted molar refractivity (Wildman–Crippen MR) is 77.4 cm³/mol. The van der Waals surface area contributed by atoms with Crippen molar-refractivity contribution in [2.75, 3.05) is 0 Å². The molecule has 96 valence electrons. The lowest BCUT2D eigenvalue weighted by atomic mass is 10.0. The molecule has 0 aliphatic heterocycles. The Hall–Kier alpha value is -1.13. The van der Waals surface area contributed by atoms with Crippen LogP contribution in [0.5, 0.6) is 0 Å². The van der Waals surface area contributed by atoms with Gasteiger partial charge in [-0.15, -0.1) is 0 Å². The van der Waals surface area contributed by atoms with Gasteiger partial charge in [-0.05, 0) is 30.5 Å². The van der Waals surface area contributed by atoms with Crippen molar-refractivity contribution in [2.24, 2.45) is 5.73 Å². The minimum Gasteiger partial charge on any atom is -0.320 e. The van der Waals surface area contributed by atoms with Crippen molar-refractivity contribution in [2.45, 2.75) is 32.9 Å². The van der Waals surface area contributed by atoms with Crippen LogP contribution in [0.1, 0.15) is 36.1 Å². The van der Waals surface area contributed by atoms with Crippen LogP contribution in [0, 0.1) is 6.92 Å². The first kappa shape index (κ1) is 13.3. The zero-order chi connectivity index (χ0) is 13.1. The molecule has 3 nitrogen and oxygen atoms in total. The Morgan fingerprint density at radius 3 is 2.83 bits per heavy atom. The molecule has 0 saturated carbocycles. The maximum atomic E-state index is 6.28. The van der Waals surface area contributed by atoms with Crippen LogP contribution in [0.3, 0.4) is 0 Å². The molecule has 1 unspecified atom stereocenters. The normalized spacial score (nSPS) is 12.7. The molecule has 1 aromatic carbocycles. The quantitative estimate of drug-likeness (QED) is 0.940. The minimum absolute atomic E-state index is 0.109. The van der Waals surface area contributed by atoms with Crippen LogP contribution in [-0.2, 0) is 6.54 Å². The topological polar surface area (TPSA) is 43.8 Å². The highest BCUT2D eigenvalue weighted by Gasteiger charge is 2.11. The van der Waals surface area contributed by atoms with Gasteiger partial charge in [-0.3, -0.25) is 4.68 Å². The van der Waals surface area contributed by atoms with Crippen LogP contribution < -0.4 is 5.73 Å². The molecule has 4 heteroatoms. The largest absolute Gasteiger partial charge is 0.320 e. The zero-order valence-corrected chi connectivity index (χ0v) is 12.3. The van der Waals surface area contributed by atoms with Crippen molar-refractivity contribution < 1.29 is 0 Å². The first-order valence-corrected chi connectivity index (χ1v) is 6.95. The molecule has 0 amide bonds. The molecule has 1 heterocycles. The van der Waals surface area contributed by atoms with E-state index in [9.17, 15) is 0 Å². The molecule has 0 aliphatic carbocycles. The summed E-state index contributed by atoms with van der Waals surface area (Å²) >= 11 is 3.50. The standard InChI is InChI=1S/C14H18BrN3/c1-3-6-18-9-12(8-17-18)14(16)11-4-5-13(15)10(2)7-11/h4-5,7-9,14H,3,6,16H2,1-2H3.